The van der Waals surface area contributed by atoms with Crippen molar-refractivity contribution in [1.82, 2.24) is 15.6 Å². The summed E-state index contributed by atoms with van der Waals surface area (Å²) in [6.45, 7) is 2.89. The van der Waals surface area contributed by atoms with Gasteiger partial charge in [-0.05, 0) is 26.0 Å². The molecule has 0 radical (unpaired) electrons. The SMILES string of the molecule is CCOC(=O)C1=C(CN[C@@H](C(=O)O)[C@H](C)O)NC(c2nccs2)=NC1c1ccc(Br)cc1F. The normalized spacial score (nSPS) is 17.7. The van der Waals surface area contributed by atoms with Gasteiger partial charge in [-0.3, -0.25) is 15.1 Å². The Balaban J connectivity index is 2.12. The Hall–Kier alpha value is -2.67. The zero-order valence-corrected chi connectivity index (χ0v) is 20.1. The van der Waals surface area contributed by atoms with Crippen LogP contribution in [0.15, 0.2) is 50.5 Å². The Morgan fingerprint density at radius 3 is 2.76 bits per heavy atom. The number of aliphatic carboxylic acids is 1. The summed E-state index contributed by atoms with van der Waals surface area (Å²) >= 11 is 4.51. The highest BCUT2D eigenvalue weighted by molar-refractivity contribution is 9.10. The molecular formula is C21H22BrFN4O5S. The lowest BCUT2D eigenvalue weighted by molar-refractivity contribution is -0.142. The van der Waals surface area contributed by atoms with Gasteiger partial charge < -0.3 is 20.3 Å². The average molecular weight is 541 g/mol. The first-order chi connectivity index (χ1) is 15.7. The number of nitrogens with one attached hydrogen (secondary N) is 2. The van der Waals surface area contributed by atoms with E-state index in [1.54, 1.807) is 24.6 Å². The topological polar surface area (TPSA) is 133 Å². The molecule has 1 aliphatic rings. The van der Waals surface area contributed by atoms with Gasteiger partial charge in [0.05, 0.1) is 18.3 Å². The lowest BCUT2D eigenvalue weighted by Crippen LogP contribution is -2.48. The van der Waals surface area contributed by atoms with Gasteiger partial charge in [-0.1, -0.05) is 22.0 Å². The quantitative estimate of drug-likeness (QED) is 0.356. The van der Waals surface area contributed by atoms with E-state index < -0.39 is 35.9 Å². The highest BCUT2D eigenvalue weighted by Gasteiger charge is 2.35. The molecule has 176 valence electrons. The molecule has 2 heterocycles. The molecule has 12 heteroatoms. The molecule has 3 rings (SSSR count). The zero-order chi connectivity index (χ0) is 24.1. The van der Waals surface area contributed by atoms with Gasteiger partial charge in [-0.2, -0.15) is 0 Å². The van der Waals surface area contributed by atoms with Crippen molar-refractivity contribution in [2.24, 2.45) is 4.99 Å². The molecule has 0 amide bonds. The Kier molecular flexibility index (Phi) is 8.30. The summed E-state index contributed by atoms with van der Waals surface area (Å²) in [7, 11) is 0. The summed E-state index contributed by atoms with van der Waals surface area (Å²) in [5.74, 6) is -2.27. The Morgan fingerprint density at radius 1 is 1.42 bits per heavy atom. The molecule has 0 spiro atoms. The van der Waals surface area contributed by atoms with Crippen LogP contribution in [-0.4, -0.2) is 58.3 Å². The summed E-state index contributed by atoms with van der Waals surface area (Å²) in [6.07, 6.45) is 0.375. The Morgan fingerprint density at radius 2 is 2.18 bits per heavy atom. The van der Waals surface area contributed by atoms with Crippen molar-refractivity contribution in [1.29, 1.82) is 0 Å². The lowest BCUT2D eigenvalue weighted by atomic mass is 9.95. The van der Waals surface area contributed by atoms with E-state index in [1.807, 2.05) is 0 Å². The second-order valence-corrected chi connectivity index (χ2v) is 8.87. The number of aliphatic imine (C=N–C) groups is 1. The number of nitrogens with zero attached hydrogens (tertiary/aromatic N) is 2. The molecule has 1 aromatic carbocycles. The number of halogens is 2. The number of thiazole rings is 1. The Bertz CT molecular complexity index is 1090. The molecule has 0 bridgehead atoms. The second kappa shape index (κ2) is 11.0. The van der Waals surface area contributed by atoms with Gasteiger partial charge >= 0.3 is 11.9 Å². The molecule has 0 saturated carbocycles. The number of aliphatic hydroxyl groups is 1. The Labute approximate surface area is 201 Å². The molecule has 9 nitrogen and oxygen atoms in total. The van der Waals surface area contributed by atoms with Crippen molar-refractivity contribution in [3.05, 3.63) is 61.9 Å². The summed E-state index contributed by atoms with van der Waals surface area (Å²) in [5, 5.41) is 27.2. The minimum Gasteiger partial charge on any atom is -0.480 e. The van der Waals surface area contributed by atoms with Gasteiger partial charge in [0.2, 0.25) is 0 Å². The number of carboxylic acid groups (broad SMARTS) is 1. The van der Waals surface area contributed by atoms with E-state index >= 15 is 0 Å². The largest absolute Gasteiger partial charge is 0.480 e. The highest BCUT2D eigenvalue weighted by Crippen LogP contribution is 2.35. The second-order valence-electron chi connectivity index (χ2n) is 7.06. The molecule has 0 fully saturated rings. The molecule has 1 unspecified atom stereocenters. The molecule has 4 N–H and O–H groups in total. The van der Waals surface area contributed by atoms with Crippen LogP contribution in [0, 0.1) is 5.82 Å². The molecule has 0 saturated heterocycles. The van der Waals surface area contributed by atoms with Crippen LogP contribution in [0.25, 0.3) is 0 Å². The molecule has 2 aromatic rings. The van der Waals surface area contributed by atoms with Crippen molar-refractivity contribution in [3.63, 3.8) is 0 Å². The van der Waals surface area contributed by atoms with Crippen molar-refractivity contribution >= 4 is 45.0 Å². The first-order valence-electron chi connectivity index (χ1n) is 9.97. The van der Waals surface area contributed by atoms with Crippen molar-refractivity contribution in [2.45, 2.75) is 32.0 Å². The number of rotatable bonds is 9. The summed E-state index contributed by atoms with van der Waals surface area (Å²) < 4.78 is 20.7. The van der Waals surface area contributed by atoms with Gasteiger partial charge in [0.1, 0.15) is 17.9 Å². The number of benzene rings is 1. The highest BCUT2D eigenvalue weighted by atomic mass is 79.9. The summed E-state index contributed by atoms with van der Waals surface area (Å²) in [6, 6.07) is 2.05. The molecule has 1 aromatic heterocycles. The number of hydrogen-bond donors (Lipinski definition) is 4. The van der Waals surface area contributed by atoms with Crippen LogP contribution >= 0.6 is 27.3 Å². The maximum atomic E-state index is 14.9. The number of aromatic nitrogens is 1. The van der Waals surface area contributed by atoms with Crippen LogP contribution in [0.2, 0.25) is 0 Å². The molecule has 3 atom stereocenters. The first-order valence-corrected chi connectivity index (χ1v) is 11.6. The molecular weight excluding hydrogens is 519 g/mol. The fourth-order valence-electron chi connectivity index (χ4n) is 3.26. The van der Waals surface area contributed by atoms with Crippen LogP contribution in [0.3, 0.4) is 0 Å². The number of hydrogen-bond acceptors (Lipinski definition) is 9. The van der Waals surface area contributed by atoms with E-state index in [4.69, 9.17) is 4.74 Å². The zero-order valence-electron chi connectivity index (χ0n) is 17.7. The summed E-state index contributed by atoms with van der Waals surface area (Å²) in [4.78, 5) is 33.2. The number of carbonyl (C=O) groups is 2. The number of carboxylic acids is 1. The van der Waals surface area contributed by atoms with Crippen molar-refractivity contribution < 1.29 is 28.9 Å². The first kappa shape index (κ1) is 25.0. The van der Waals surface area contributed by atoms with Crippen molar-refractivity contribution in [3.8, 4) is 0 Å². The van der Waals surface area contributed by atoms with Crippen LogP contribution in [0.4, 0.5) is 4.39 Å². The van der Waals surface area contributed by atoms with E-state index in [0.717, 1.165) is 0 Å². The number of aliphatic hydroxyl groups excluding tert-OH is 1. The molecule has 0 aliphatic carbocycles. The van der Waals surface area contributed by atoms with Crippen molar-refractivity contribution in [2.75, 3.05) is 13.2 Å². The number of amidine groups is 1. The van der Waals surface area contributed by atoms with E-state index in [2.05, 4.69) is 36.5 Å². The van der Waals surface area contributed by atoms with Crippen LogP contribution < -0.4 is 10.6 Å². The van der Waals surface area contributed by atoms with Gasteiger partial charge in [-0.15, -0.1) is 11.3 Å². The van der Waals surface area contributed by atoms with Gasteiger partial charge in [0, 0.05) is 33.9 Å². The van der Waals surface area contributed by atoms with Crippen LogP contribution in [0.5, 0.6) is 0 Å². The predicted octanol–water partition coefficient (Wildman–Crippen LogP) is 2.38. The van der Waals surface area contributed by atoms with E-state index in [-0.39, 0.29) is 30.0 Å². The summed E-state index contributed by atoms with van der Waals surface area (Å²) in [5.41, 5.74) is 0.410. The lowest BCUT2D eigenvalue weighted by Gasteiger charge is -2.28. The fraction of sp³-hybridized carbons (Fsp3) is 0.333. The van der Waals surface area contributed by atoms with Crippen LogP contribution in [-0.2, 0) is 14.3 Å². The van der Waals surface area contributed by atoms with Gasteiger partial charge in [0.25, 0.3) is 0 Å². The molecule has 1 aliphatic heterocycles. The third-order valence-corrected chi connectivity index (χ3v) is 6.03. The minimum atomic E-state index is -1.30. The maximum Gasteiger partial charge on any atom is 0.338 e. The average Bonchev–Trinajstić information content (AvgIpc) is 3.28. The van der Waals surface area contributed by atoms with E-state index in [9.17, 15) is 24.2 Å². The third kappa shape index (κ3) is 5.82. The van der Waals surface area contributed by atoms with E-state index in [0.29, 0.717) is 15.3 Å². The van der Waals surface area contributed by atoms with Gasteiger partial charge in [-0.25, -0.2) is 14.2 Å². The van der Waals surface area contributed by atoms with E-state index in [1.165, 1.54) is 30.4 Å². The third-order valence-electron chi connectivity index (χ3n) is 4.76. The standard InChI is InChI=1S/C21H22BrFN4O5S/c1-3-32-21(31)15-14(9-25-16(10(2)28)20(29)30)26-18(19-24-6-7-33-19)27-17(15)12-5-4-11(22)8-13(12)23/h4-8,10,16-17,25,28H,3,9H2,1-2H3,(H,26,27)(H,29,30)/t10-,16+,17?/m0/s1. The smallest absolute Gasteiger partial charge is 0.338 e. The number of esters is 1. The number of ether oxygens (including phenoxy) is 1. The number of carbonyl (C=O) groups excluding carboxylic acids is 1. The monoisotopic (exact) mass is 540 g/mol. The predicted molar refractivity (Wildman–Crippen MR) is 123 cm³/mol. The maximum absolute atomic E-state index is 14.9. The molecule has 33 heavy (non-hydrogen) atoms. The van der Waals surface area contributed by atoms with Gasteiger partial charge in [0.15, 0.2) is 10.8 Å². The fourth-order valence-corrected chi connectivity index (χ4v) is 4.18. The minimum absolute atomic E-state index is 0.0283. The van der Waals surface area contributed by atoms with Crippen LogP contribution in [0.1, 0.15) is 30.5 Å².